The standard InChI is InChI=1S/C28H35FN/c1-5-8-10-21-11-12-23-22(18-21)13-16-30-15-9-14-28(6-2,7-3)25-19-26(29)20(4)17-24(25)27(23)30/h11-13,16-19H,5-10,14-15H2,1-4H3/q+1. The Morgan fingerprint density at radius 1 is 1.03 bits per heavy atom. The van der Waals surface area contributed by atoms with Gasteiger partial charge in [-0.05, 0) is 84.7 Å². The summed E-state index contributed by atoms with van der Waals surface area (Å²) in [4.78, 5) is 0. The Morgan fingerprint density at radius 2 is 1.83 bits per heavy atom. The molecular weight excluding hydrogens is 369 g/mol. The first-order valence-electron chi connectivity index (χ1n) is 11.8. The van der Waals surface area contributed by atoms with Crippen LogP contribution in [0, 0.1) is 12.7 Å². The molecule has 0 aliphatic carbocycles. The summed E-state index contributed by atoms with van der Waals surface area (Å²) in [5, 5.41) is 2.58. The minimum absolute atomic E-state index is 0.0470. The third kappa shape index (κ3) is 3.55. The maximum absolute atomic E-state index is 14.8. The molecule has 0 bridgehead atoms. The van der Waals surface area contributed by atoms with Crippen LogP contribution in [0.2, 0.25) is 0 Å². The summed E-state index contributed by atoms with van der Waals surface area (Å²) < 4.78 is 17.2. The van der Waals surface area contributed by atoms with Crippen LogP contribution in [0.1, 0.15) is 76.0 Å². The summed E-state index contributed by atoms with van der Waals surface area (Å²) in [5.74, 6) is -0.0748. The minimum Gasteiger partial charge on any atom is -0.207 e. The first kappa shape index (κ1) is 21.0. The van der Waals surface area contributed by atoms with E-state index in [0.717, 1.165) is 44.2 Å². The second-order valence-electron chi connectivity index (χ2n) is 9.12. The predicted octanol–water partition coefficient (Wildman–Crippen LogP) is 7.44. The van der Waals surface area contributed by atoms with E-state index >= 15 is 0 Å². The number of pyridine rings is 1. The van der Waals surface area contributed by atoms with Gasteiger partial charge in [-0.3, -0.25) is 0 Å². The van der Waals surface area contributed by atoms with Crippen LogP contribution < -0.4 is 4.57 Å². The van der Waals surface area contributed by atoms with Gasteiger partial charge in [-0.2, -0.15) is 4.57 Å². The van der Waals surface area contributed by atoms with Crippen molar-refractivity contribution in [3.63, 3.8) is 0 Å². The Kier molecular flexibility index (Phi) is 5.95. The van der Waals surface area contributed by atoms with Gasteiger partial charge < -0.3 is 0 Å². The van der Waals surface area contributed by atoms with Gasteiger partial charge in [0.1, 0.15) is 12.4 Å². The summed E-state index contributed by atoms with van der Waals surface area (Å²) in [6.07, 6.45) is 10.1. The molecule has 1 aliphatic rings. The van der Waals surface area contributed by atoms with E-state index in [-0.39, 0.29) is 11.2 Å². The first-order chi connectivity index (χ1) is 14.5. The molecule has 158 valence electrons. The number of hydrogen-bond donors (Lipinski definition) is 0. The van der Waals surface area contributed by atoms with Gasteiger partial charge in [0.2, 0.25) is 5.69 Å². The van der Waals surface area contributed by atoms with Crippen molar-refractivity contribution < 1.29 is 8.96 Å². The number of aryl methyl sites for hydroxylation is 3. The average Bonchev–Trinajstić information content (AvgIpc) is 2.76. The van der Waals surface area contributed by atoms with Crippen molar-refractivity contribution in [2.24, 2.45) is 0 Å². The molecule has 0 amide bonds. The third-order valence-electron chi connectivity index (χ3n) is 7.44. The number of halogens is 1. The SMILES string of the molecule is CCCCc1ccc2c3[n+](ccc2c1)CCCC(CC)(CC)c1cc(F)c(C)cc1-3. The van der Waals surface area contributed by atoms with E-state index < -0.39 is 0 Å². The lowest BCUT2D eigenvalue weighted by atomic mass is 9.69. The maximum atomic E-state index is 14.8. The molecule has 0 unspecified atom stereocenters. The normalized spacial score (nSPS) is 15.4. The zero-order valence-electron chi connectivity index (χ0n) is 19.0. The molecule has 0 radical (unpaired) electrons. The molecule has 1 aliphatic heterocycles. The maximum Gasteiger partial charge on any atom is 0.220 e. The van der Waals surface area contributed by atoms with Crippen LogP contribution in [-0.4, -0.2) is 0 Å². The van der Waals surface area contributed by atoms with Crippen LogP contribution in [0.15, 0.2) is 42.6 Å². The second-order valence-corrected chi connectivity index (χ2v) is 9.12. The number of benzene rings is 2. The topological polar surface area (TPSA) is 3.88 Å². The molecule has 0 saturated carbocycles. The quantitative estimate of drug-likeness (QED) is 0.389. The van der Waals surface area contributed by atoms with E-state index in [0.29, 0.717) is 0 Å². The molecule has 0 atom stereocenters. The number of hydrogen-bond acceptors (Lipinski definition) is 0. The van der Waals surface area contributed by atoms with E-state index in [1.54, 1.807) is 0 Å². The number of rotatable bonds is 5. The third-order valence-corrected chi connectivity index (χ3v) is 7.44. The Hall–Kier alpha value is -2.22. The molecule has 4 rings (SSSR count). The lowest BCUT2D eigenvalue weighted by Crippen LogP contribution is -2.40. The molecule has 2 heteroatoms. The second kappa shape index (κ2) is 8.49. The fraction of sp³-hybridized carbons (Fsp3) is 0.464. The number of nitrogens with zero attached hydrogens (tertiary/aromatic N) is 1. The largest absolute Gasteiger partial charge is 0.220 e. The highest BCUT2D eigenvalue weighted by molar-refractivity contribution is 5.94. The monoisotopic (exact) mass is 404 g/mol. The summed E-state index contributed by atoms with van der Waals surface area (Å²) in [7, 11) is 0. The van der Waals surface area contributed by atoms with Crippen molar-refractivity contribution in [3.05, 3.63) is 65.1 Å². The van der Waals surface area contributed by atoms with E-state index in [1.807, 2.05) is 13.0 Å². The van der Waals surface area contributed by atoms with Crippen LogP contribution in [0.25, 0.3) is 22.0 Å². The Labute approximate surface area is 181 Å². The molecule has 3 aromatic rings. The molecule has 1 aromatic heterocycles. The van der Waals surface area contributed by atoms with Crippen LogP contribution >= 0.6 is 0 Å². The van der Waals surface area contributed by atoms with Gasteiger partial charge >= 0.3 is 0 Å². The molecule has 2 heterocycles. The van der Waals surface area contributed by atoms with Gasteiger partial charge in [0, 0.05) is 12.5 Å². The van der Waals surface area contributed by atoms with Crippen LogP contribution in [0.3, 0.4) is 0 Å². The molecule has 1 nitrogen and oxygen atoms in total. The number of unbranched alkanes of at least 4 members (excludes halogenated alkanes) is 1. The zero-order chi connectivity index (χ0) is 21.3. The van der Waals surface area contributed by atoms with Crippen LogP contribution in [0.5, 0.6) is 0 Å². The average molecular weight is 405 g/mol. The molecule has 0 N–H and O–H groups in total. The summed E-state index contributed by atoms with van der Waals surface area (Å²) in [5.41, 5.74) is 5.88. The lowest BCUT2D eigenvalue weighted by molar-refractivity contribution is -0.686. The molecule has 0 fully saturated rings. The molecular formula is C28H35FN+. The first-order valence-corrected chi connectivity index (χ1v) is 11.8. The van der Waals surface area contributed by atoms with Crippen LogP contribution in [-0.2, 0) is 18.4 Å². The van der Waals surface area contributed by atoms with E-state index in [1.165, 1.54) is 46.0 Å². The van der Waals surface area contributed by atoms with Crippen molar-refractivity contribution >= 4 is 10.8 Å². The molecule has 2 aromatic carbocycles. The fourth-order valence-corrected chi connectivity index (χ4v) is 5.41. The van der Waals surface area contributed by atoms with Gasteiger partial charge in [0.25, 0.3) is 0 Å². The Balaban J connectivity index is 2.01. The van der Waals surface area contributed by atoms with Crippen molar-refractivity contribution in [2.45, 2.75) is 84.6 Å². The smallest absolute Gasteiger partial charge is 0.207 e. The highest BCUT2D eigenvalue weighted by atomic mass is 19.1. The van der Waals surface area contributed by atoms with Crippen molar-refractivity contribution in [1.29, 1.82) is 0 Å². The fourth-order valence-electron chi connectivity index (χ4n) is 5.41. The predicted molar refractivity (Wildman–Crippen MR) is 124 cm³/mol. The van der Waals surface area contributed by atoms with Crippen LogP contribution in [0.4, 0.5) is 4.39 Å². The number of fused-ring (bicyclic) bond motifs is 5. The van der Waals surface area contributed by atoms with E-state index in [4.69, 9.17) is 0 Å². The summed E-state index contributed by atoms with van der Waals surface area (Å²) >= 11 is 0. The van der Waals surface area contributed by atoms with E-state index in [9.17, 15) is 4.39 Å². The van der Waals surface area contributed by atoms with Gasteiger partial charge in [-0.15, -0.1) is 0 Å². The Morgan fingerprint density at radius 3 is 2.57 bits per heavy atom. The summed E-state index contributed by atoms with van der Waals surface area (Å²) in [6.45, 7) is 9.69. The summed E-state index contributed by atoms with van der Waals surface area (Å²) in [6, 6.07) is 13.2. The van der Waals surface area contributed by atoms with Gasteiger partial charge in [-0.1, -0.05) is 39.3 Å². The zero-order valence-corrected chi connectivity index (χ0v) is 19.0. The van der Waals surface area contributed by atoms with E-state index in [2.05, 4.69) is 61.9 Å². The molecule has 30 heavy (non-hydrogen) atoms. The molecule has 0 spiro atoms. The van der Waals surface area contributed by atoms with Gasteiger partial charge in [0.05, 0.1) is 10.9 Å². The minimum atomic E-state index is -0.0748. The van der Waals surface area contributed by atoms with Gasteiger partial charge in [-0.25, -0.2) is 4.39 Å². The molecule has 0 saturated heterocycles. The van der Waals surface area contributed by atoms with Gasteiger partial charge in [0.15, 0.2) is 6.20 Å². The van der Waals surface area contributed by atoms with Crippen molar-refractivity contribution in [1.82, 2.24) is 0 Å². The number of aromatic nitrogens is 1. The van der Waals surface area contributed by atoms with Crippen molar-refractivity contribution in [2.75, 3.05) is 0 Å². The van der Waals surface area contributed by atoms with Crippen molar-refractivity contribution in [3.8, 4) is 11.3 Å². The Bertz CT molecular complexity index is 1060. The highest BCUT2D eigenvalue weighted by Crippen LogP contribution is 2.44. The highest BCUT2D eigenvalue weighted by Gasteiger charge is 2.36. The lowest BCUT2D eigenvalue weighted by Gasteiger charge is -2.35.